The summed E-state index contributed by atoms with van der Waals surface area (Å²) < 4.78 is 10.8. The Morgan fingerprint density at radius 1 is 0.900 bits per heavy atom. The molecular weight excluding hydrogens is 378 g/mol. The summed E-state index contributed by atoms with van der Waals surface area (Å²) in [5.41, 5.74) is 2.77. The van der Waals surface area contributed by atoms with E-state index in [0.29, 0.717) is 16.9 Å². The maximum absolute atomic E-state index is 13.4. The third-order valence-electron chi connectivity index (χ3n) is 4.95. The zero-order chi connectivity index (χ0) is 20.9. The number of aromatic amines is 1. The topological polar surface area (TPSA) is 68.4 Å². The van der Waals surface area contributed by atoms with Crippen LogP contribution in [0, 0.1) is 0 Å². The van der Waals surface area contributed by atoms with E-state index in [2.05, 4.69) is 4.98 Å². The van der Waals surface area contributed by atoms with Crippen molar-refractivity contribution >= 4 is 22.7 Å². The molecule has 0 saturated heterocycles. The average Bonchev–Trinajstić information content (AvgIpc) is 3.22. The van der Waals surface area contributed by atoms with Crippen LogP contribution in [0.2, 0.25) is 0 Å². The lowest BCUT2D eigenvalue weighted by Crippen LogP contribution is -2.21. The second-order valence-electron chi connectivity index (χ2n) is 6.92. The SMILES string of the molecule is COc1ccc(CC(=O)OC(C(=O)c2c[nH]c3ccccc23)c2ccccc2)cc1. The van der Waals surface area contributed by atoms with Crippen molar-refractivity contribution in [2.45, 2.75) is 12.5 Å². The summed E-state index contributed by atoms with van der Waals surface area (Å²) in [5, 5.41) is 0.801. The lowest BCUT2D eigenvalue weighted by atomic mass is 9.99. The molecule has 3 aromatic carbocycles. The van der Waals surface area contributed by atoms with E-state index in [-0.39, 0.29) is 12.2 Å². The van der Waals surface area contributed by atoms with Gasteiger partial charge < -0.3 is 14.5 Å². The van der Waals surface area contributed by atoms with Gasteiger partial charge in [0.2, 0.25) is 5.78 Å². The fourth-order valence-corrected chi connectivity index (χ4v) is 3.40. The van der Waals surface area contributed by atoms with Crippen LogP contribution in [0.25, 0.3) is 10.9 Å². The normalized spacial score (nSPS) is 11.8. The van der Waals surface area contributed by atoms with E-state index in [4.69, 9.17) is 9.47 Å². The third-order valence-corrected chi connectivity index (χ3v) is 4.95. The fourth-order valence-electron chi connectivity index (χ4n) is 3.40. The van der Waals surface area contributed by atoms with Gasteiger partial charge >= 0.3 is 5.97 Å². The summed E-state index contributed by atoms with van der Waals surface area (Å²) >= 11 is 0. The molecule has 1 heterocycles. The molecule has 0 radical (unpaired) electrons. The molecule has 1 atom stereocenters. The number of carbonyl (C=O) groups is 2. The van der Waals surface area contributed by atoms with E-state index in [1.54, 1.807) is 49.7 Å². The Bertz CT molecular complexity index is 1160. The lowest BCUT2D eigenvalue weighted by molar-refractivity contribution is -0.146. The van der Waals surface area contributed by atoms with Crippen LogP contribution in [0.1, 0.15) is 27.6 Å². The Balaban J connectivity index is 1.60. The first-order chi connectivity index (χ1) is 14.7. The van der Waals surface area contributed by atoms with E-state index in [0.717, 1.165) is 16.5 Å². The molecule has 150 valence electrons. The van der Waals surface area contributed by atoms with Gasteiger partial charge in [-0.2, -0.15) is 0 Å². The molecule has 0 amide bonds. The van der Waals surface area contributed by atoms with Crippen molar-refractivity contribution in [2.24, 2.45) is 0 Å². The zero-order valence-corrected chi connectivity index (χ0v) is 16.5. The Morgan fingerprint density at radius 2 is 1.60 bits per heavy atom. The maximum Gasteiger partial charge on any atom is 0.311 e. The van der Waals surface area contributed by atoms with Crippen LogP contribution < -0.4 is 4.74 Å². The molecule has 1 N–H and O–H groups in total. The number of Topliss-reactive ketones (excluding diaryl/α,β-unsaturated/α-hetero) is 1. The molecule has 5 nitrogen and oxygen atoms in total. The summed E-state index contributed by atoms with van der Waals surface area (Å²) in [6.07, 6.45) is 0.713. The van der Waals surface area contributed by atoms with Gasteiger partial charge in [0.25, 0.3) is 0 Å². The van der Waals surface area contributed by atoms with Crippen LogP contribution in [-0.4, -0.2) is 23.8 Å². The number of methoxy groups -OCH3 is 1. The third kappa shape index (κ3) is 4.10. The second-order valence-corrected chi connectivity index (χ2v) is 6.92. The molecule has 5 heteroatoms. The minimum absolute atomic E-state index is 0.0640. The summed E-state index contributed by atoms with van der Waals surface area (Å²) in [4.78, 5) is 29.2. The van der Waals surface area contributed by atoms with Crippen molar-refractivity contribution in [1.82, 2.24) is 4.98 Å². The zero-order valence-electron chi connectivity index (χ0n) is 16.5. The number of rotatable bonds is 7. The first-order valence-electron chi connectivity index (χ1n) is 9.63. The number of benzene rings is 3. The maximum atomic E-state index is 13.4. The fraction of sp³-hybridized carbons (Fsp3) is 0.120. The molecule has 0 saturated carbocycles. The number of ether oxygens (including phenoxy) is 2. The summed E-state index contributed by atoms with van der Waals surface area (Å²) in [6, 6.07) is 23.8. The van der Waals surface area contributed by atoms with Crippen molar-refractivity contribution in [3.05, 3.63) is 102 Å². The van der Waals surface area contributed by atoms with E-state index in [1.807, 2.05) is 42.5 Å². The van der Waals surface area contributed by atoms with Gasteiger partial charge in [0.1, 0.15) is 5.75 Å². The van der Waals surface area contributed by atoms with Gasteiger partial charge in [-0.3, -0.25) is 9.59 Å². The number of esters is 1. The number of hydrogen-bond acceptors (Lipinski definition) is 4. The van der Waals surface area contributed by atoms with Gasteiger partial charge in [0.15, 0.2) is 6.10 Å². The van der Waals surface area contributed by atoms with Crippen LogP contribution in [-0.2, 0) is 16.0 Å². The molecule has 0 fully saturated rings. The van der Waals surface area contributed by atoms with Crippen molar-refractivity contribution < 1.29 is 19.1 Å². The van der Waals surface area contributed by atoms with E-state index in [1.165, 1.54) is 0 Å². The number of fused-ring (bicyclic) bond motifs is 1. The van der Waals surface area contributed by atoms with Gasteiger partial charge in [-0.25, -0.2) is 0 Å². The monoisotopic (exact) mass is 399 g/mol. The van der Waals surface area contributed by atoms with Crippen LogP contribution >= 0.6 is 0 Å². The summed E-state index contributed by atoms with van der Waals surface area (Å²) in [5.74, 6) is -0.0206. The van der Waals surface area contributed by atoms with Crippen molar-refractivity contribution in [1.29, 1.82) is 0 Å². The Labute approximate surface area is 174 Å². The van der Waals surface area contributed by atoms with E-state index in [9.17, 15) is 9.59 Å². The predicted octanol–water partition coefficient (Wildman–Crippen LogP) is 4.89. The van der Waals surface area contributed by atoms with Gasteiger partial charge in [-0.15, -0.1) is 0 Å². The molecule has 0 bridgehead atoms. The second kappa shape index (κ2) is 8.66. The lowest BCUT2D eigenvalue weighted by Gasteiger charge is -2.17. The number of carbonyl (C=O) groups excluding carboxylic acids is 2. The van der Waals surface area contributed by atoms with Crippen molar-refractivity contribution in [3.8, 4) is 5.75 Å². The number of aromatic nitrogens is 1. The molecule has 30 heavy (non-hydrogen) atoms. The predicted molar refractivity (Wildman–Crippen MR) is 115 cm³/mol. The number of para-hydroxylation sites is 1. The highest BCUT2D eigenvalue weighted by Gasteiger charge is 2.28. The molecule has 4 rings (SSSR count). The van der Waals surface area contributed by atoms with Crippen LogP contribution in [0.5, 0.6) is 5.75 Å². The standard InChI is InChI=1S/C25H21NO4/c1-29-19-13-11-17(12-14-19)15-23(27)30-25(18-7-3-2-4-8-18)24(28)21-16-26-22-10-6-5-9-20(21)22/h2-14,16,25-26H,15H2,1H3. The molecule has 4 aromatic rings. The van der Waals surface area contributed by atoms with E-state index >= 15 is 0 Å². The van der Waals surface area contributed by atoms with Gasteiger partial charge in [-0.1, -0.05) is 60.7 Å². The van der Waals surface area contributed by atoms with Gasteiger partial charge in [0.05, 0.1) is 13.5 Å². The molecule has 0 aliphatic rings. The Morgan fingerprint density at radius 3 is 2.33 bits per heavy atom. The highest BCUT2D eigenvalue weighted by molar-refractivity contribution is 6.10. The molecule has 1 unspecified atom stereocenters. The van der Waals surface area contributed by atoms with Crippen molar-refractivity contribution in [2.75, 3.05) is 7.11 Å². The van der Waals surface area contributed by atoms with Crippen LogP contribution in [0.3, 0.4) is 0 Å². The number of nitrogens with one attached hydrogen (secondary N) is 1. The average molecular weight is 399 g/mol. The van der Waals surface area contributed by atoms with E-state index < -0.39 is 12.1 Å². The first-order valence-corrected chi connectivity index (χ1v) is 9.63. The van der Waals surface area contributed by atoms with Gasteiger partial charge in [0, 0.05) is 28.2 Å². The molecule has 0 aliphatic carbocycles. The quantitative estimate of drug-likeness (QED) is 0.355. The minimum atomic E-state index is -1.02. The number of hydrogen-bond donors (Lipinski definition) is 1. The highest BCUT2D eigenvalue weighted by atomic mass is 16.5. The Kier molecular flexibility index (Phi) is 5.61. The smallest absolute Gasteiger partial charge is 0.311 e. The summed E-state index contributed by atoms with van der Waals surface area (Å²) in [7, 11) is 1.59. The van der Waals surface area contributed by atoms with Crippen LogP contribution in [0.15, 0.2) is 85.1 Å². The van der Waals surface area contributed by atoms with Crippen molar-refractivity contribution in [3.63, 3.8) is 0 Å². The molecular formula is C25H21NO4. The van der Waals surface area contributed by atoms with Gasteiger partial charge in [-0.05, 0) is 23.8 Å². The van der Waals surface area contributed by atoms with Crippen LogP contribution in [0.4, 0.5) is 0 Å². The molecule has 1 aromatic heterocycles. The Hall–Kier alpha value is -3.86. The number of H-pyrrole nitrogens is 1. The first kappa shape index (κ1) is 19.5. The molecule has 0 aliphatic heterocycles. The summed E-state index contributed by atoms with van der Waals surface area (Å²) in [6.45, 7) is 0. The number of ketones is 1. The minimum Gasteiger partial charge on any atom is -0.497 e. The largest absolute Gasteiger partial charge is 0.497 e. The highest BCUT2D eigenvalue weighted by Crippen LogP contribution is 2.27. The molecule has 0 spiro atoms.